The molecule has 0 unspecified atom stereocenters. The molecular weight excluding hydrogens is 354 g/mol. The number of rotatable bonds is 3. The van der Waals surface area contributed by atoms with E-state index >= 15 is 0 Å². The van der Waals surface area contributed by atoms with Crippen LogP contribution in [0.5, 0.6) is 11.5 Å². The van der Waals surface area contributed by atoms with Crippen molar-refractivity contribution in [2.24, 2.45) is 0 Å². The van der Waals surface area contributed by atoms with Crippen LogP contribution in [0.1, 0.15) is 18.9 Å². The van der Waals surface area contributed by atoms with Crippen molar-refractivity contribution in [2.75, 3.05) is 0 Å². The monoisotopic (exact) mass is 364 g/mol. The first kappa shape index (κ1) is 16.6. The van der Waals surface area contributed by atoms with Crippen molar-refractivity contribution in [1.29, 1.82) is 0 Å². The van der Waals surface area contributed by atoms with Crippen LogP contribution < -0.4 is 0 Å². The van der Waals surface area contributed by atoms with Crippen molar-refractivity contribution < 1.29 is 10.2 Å². The zero-order chi connectivity index (χ0) is 15.7. The number of hydrogen-bond acceptors (Lipinski definition) is 2. The molecule has 0 fully saturated rings. The Morgan fingerprint density at radius 2 is 1.38 bits per heavy atom. The fourth-order valence-electron chi connectivity index (χ4n) is 2.12. The number of phenolic OH excluding ortho intramolecular Hbond substituents is 2. The topological polar surface area (TPSA) is 40.5 Å². The predicted octanol–water partition coefficient (Wildman–Crippen LogP) is 6.33. The Balaban J connectivity index is 2.74. The Morgan fingerprint density at radius 1 is 0.857 bits per heavy atom. The largest absolute Gasteiger partial charge is 0.505 e. The Kier molecular flexibility index (Phi) is 5.15. The summed E-state index contributed by atoms with van der Waals surface area (Å²) >= 11 is 24.1. The molecule has 112 valence electrons. The molecule has 2 nitrogen and oxygen atoms in total. The summed E-state index contributed by atoms with van der Waals surface area (Å²) in [4.78, 5) is 0. The van der Waals surface area contributed by atoms with Crippen LogP contribution in [-0.4, -0.2) is 10.2 Å². The fourth-order valence-corrected chi connectivity index (χ4v) is 3.16. The molecular formula is C15H12Cl4O2. The molecule has 2 aromatic carbocycles. The van der Waals surface area contributed by atoms with Gasteiger partial charge in [0.1, 0.15) is 0 Å². The van der Waals surface area contributed by atoms with Gasteiger partial charge in [0.05, 0.1) is 20.1 Å². The molecule has 0 saturated heterocycles. The van der Waals surface area contributed by atoms with Crippen LogP contribution in [0, 0.1) is 0 Å². The first-order valence-corrected chi connectivity index (χ1v) is 7.76. The maximum absolute atomic E-state index is 9.88. The van der Waals surface area contributed by atoms with Gasteiger partial charge in [-0.05, 0) is 41.3 Å². The van der Waals surface area contributed by atoms with E-state index in [1.165, 1.54) is 0 Å². The van der Waals surface area contributed by atoms with Gasteiger partial charge in [-0.3, -0.25) is 0 Å². The van der Waals surface area contributed by atoms with Crippen LogP contribution in [-0.2, 0) is 6.42 Å². The summed E-state index contributed by atoms with van der Waals surface area (Å²) in [5.41, 5.74) is 2.17. The number of halogens is 4. The van der Waals surface area contributed by atoms with E-state index in [1.807, 2.05) is 6.92 Å². The van der Waals surface area contributed by atoms with Gasteiger partial charge < -0.3 is 10.2 Å². The second kappa shape index (κ2) is 6.53. The quantitative estimate of drug-likeness (QED) is 0.666. The third kappa shape index (κ3) is 3.19. The molecule has 2 N–H and O–H groups in total. The molecule has 2 rings (SSSR count). The van der Waals surface area contributed by atoms with Gasteiger partial charge in [-0.15, -0.1) is 0 Å². The molecule has 0 bridgehead atoms. The Labute approximate surface area is 142 Å². The SMILES string of the molecule is CCCc1c(-c2cc(Cl)c(O)c(Cl)c2)cc(Cl)c(O)c1Cl. The summed E-state index contributed by atoms with van der Waals surface area (Å²) in [5, 5.41) is 20.2. The summed E-state index contributed by atoms with van der Waals surface area (Å²) in [6.07, 6.45) is 1.50. The Bertz CT molecular complexity index is 676. The normalized spacial score (nSPS) is 10.9. The molecule has 0 amide bonds. The lowest BCUT2D eigenvalue weighted by molar-refractivity contribution is 0.474. The molecule has 2 aromatic rings. The van der Waals surface area contributed by atoms with Crippen LogP contribution in [0.15, 0.2) is 18.2 Å². The van der Waals surface area contributed by atoms with Crippen molar-refractivity contribution in [1.82, 2.24) is 0 Å². The van der Waals surface area contributed by atoms with Gasteiger partial charge in [0.15, 0.2) is 11.5 Å². The van der Waals surface area contributed by atoms with Crippen LogP contribution in [0.3, 0.4) is 0 Å². The minimum atomic E-state index is -0.171. The van der Waals surface area contributed by atoms with Crippen LogP contribution >= 0.6 is 46.4 Å². The minimum absolute atomic E-state index is 0.137. The zero-order valence-corrected chi connectivity index (χ0v) is 14.1. The molecule has 21 heavy (non-hydrogen) atoms. The standard InChI is InChI=1S/C15H12Cl4O2/c1-2-3-8-9(6-12(18)15(21)13(8)19)7-4-10(16)14(20)11(17)5-7/h4-6,20-21H,2-3H2,1H3. The molecule has 0 saturated carbocycles. The third-order valence-corrected chi connectivity index (χ3v) is 4.39. The van der Waals surface area contributed by atoms with Crippen molar-refractivity contribution >= 4 is 46.4 Å². The number of aromatic hydroxyl groups is 2. The van der Waals surface area contributed by atoms with Gasteiger partial charge in [-0.1, -0.05) is 59.7 Å². The van der Waals surface area contributed by atoms with Gasteiger partial charge in [0.2, 0.25) is 0 Å². The van der Waals surface area contributed by atoms with E-state index in [1.54, 1.807) is 18.2 Å². The Morgan fingerprint density at radius 3 is 1.90 bits per heavy atom. The summed E-state index contributed by atoms with van der Waals surface area (Å²) in [6.45, 7) is 2.00. The van der Waals surface area contributed by atoms with Crippen molar-refractivity contribution in [3.05, 3.63) is 43.9 Å². The highest BCUT2D eigenvalue weighted by molar-refractivity contribution is 6.39. The smallest absolute Gasteiger partial charge is 0.153 e. The molecule has 0 aromatic heterocycles. The average molecular weight is 366 g/mol. The van der Waals surface area contributed by atoms with E-state index in [-0.39, 0.29) is 31.6 Å². The van der Waals surface area contributed by atoms with E-state index in [0.717, 1.165) is 17.5 Å². The summed E-state index contributed by atoms with van der Waals surface area (Å²) in [7, 11) is 0. The molecule has 0 atom stereocenters. The second-order valence-electron chi connectivity index (χ2n) is 4.59. The van der Waals surface area contributed by atoms with Gasteiger partial charge >= 0.3 is 0 Å². The van der Waals surface area contributed by atoms with Gasteiger partial charge in [0.25, 0.3) is 0 Å². The second-order valence-corrected chi connectivity index (χ2v) is 6.19. The van der Waals surface area contributed by atoms with E-state index in [4.69, 9.17) is 46.4 Å². The predicted molar refractivity (Wildman–Crippen MR) is 89.2 cm³/mol. The zero-order valence-electron chi connectivity index (χ0n) is 11.1. The van der Waals surface area contributed by atoms with Crippen molar-refractivity contribution in [3.8, 4) is 22.6 Å². The highest BCUT2D eigenvalue weighted by atomic mass is 35.5. The van der Waals surface area contributed by atoms with Gasteiger partial charge in [0, 0.05) is 0 Å². The highest BCUT2D eigenvalue weighted by Gasteiger charge is 2.18. The molecule has 0 aliphatic carbocycles. The number of hydrogen-bond donors (Lipinski definition) is 2. The first-order valence-electron chi connectivity index (χ1n) is 6.25. The van der Waals surface area contributed by atoms with E-state index in [0.29, 0.717) is 12.0 Å². The minimum Gasteiger partial charge on any atom is -0.505 e. The summed E-state index contributed by atoms with van der Waals surface area (Å²) in [5.74, 6) is -0.309. The lowest BCUT2D eigenvalue weighted by Crippen LogP contribution is -1.93. The van der Waals surface area contributed by atoms with E-state index < -0.39 is 0 Å². The highest BCUT2D eigenvalue weighted by Crippen LogP contribution is 2.44. The maximum atomic E-state index is 9.88. The number of benzene rings is 2. The molecule has 0 aliphatic heterocycles. The maximum Gasteiger partial charge on any atom is 0.153 e. The lowest BCUT2D eigenvalue weighted by atomic mass is 9.96. The van der Waals surface area contributed by atoms with Crippen molar-refractivity contribution in [3.63, 3.8) is 0 Å². The molecule has 0 radical (unpaired) electrons. The van der Waals surface area contributed by atoms with Crippen LogP contribution in [0.4, 0.5) is 0 Å². The average Bonchev–Trinajstić information content (AvgIpc) is 2.44. The van der Waals surface area contributed by atoms with Crippen LogP contribution in [0.25, 0.3) is 11.1 Å². The van der Waals surface area contributed by atoms with Crippen molar-refractivity contribution in [2.45, 2.75) is 19.8 Å². The van der Waals surface area contributed by atoms with Crippen LogP contribution in [0.2, 0.25) is 20.1 Å². The number of phenols is 2. The molecule has 0 heterocycles. The third-order valence-electron chi connectivity index (χ3n) is 3.12. The first-order chi connectivity index (χ1) is 9.86. The van der Waals surface area contributed by atoms with Gasteiger partial charge in [-0.25, -0.2) is 0 Å². The molecule has 0 aliphatic rings. The van der Waals surface area contributed by atoms with E-state index in [9.17, 15) is 10.2 Å². The Hall–Kier alpha value is -0.800. The lowest BCUT2D eigenvalue weighted by Gasteiger charge is -2.15. The molecule has 6 heteroatoms. The fraction of sp³-hybridized carbons (Fsp3) is 0.200. The summed E-state index contributed by atoms with van der Waals surface area (Å²) in [6, 6.07) is 4.79. The van der Waals surface area contributed by atoms with Gasteiger partial charge in [-0.2, -0.15) is 0 Å². The summed E-state index contributed by atoms with van der Waals surface area (Å²) < 4.78 is 0. The molecule has 0 spiro atoms. The van der Waals surface area contributed by atoms with E-state index in [2.05, 4.69) is 0 Å².